The Bertz CT molecular complexity index is 953. The Morgan fingerprint density at radius 3 is 2.62 bits per heavy atom. The largest absolute Gasteiger partial charge is 0.490 e. The van der Waals surface area contributed by atoms with Crippen molar-refractivity contribution in [1.29, 1.82) is 0 Å². The standard InChI is InChI=1S/C19H20ClN3O3/c1-4-25-15-7-6-14(11-16(15)26-5-2)22-19(24)18-12(3)21-17-10-13(20)8-9-23(17)18/h6-11H,4-5H2,1-3H3,(H,22,24). The molecule has 3 rings (SSSR count). The molecule has 3 aromatic rings. The molecule has 0 saturated heterocycles. The van der Waals surface area contributed by atoms with Crippen molar-refractivity contribution in [3.05, 3.63) is 52.9 Å². The van der Waals surface area contributed by atoms with Crippen molar-refractivity contribution in [1.82, 2.24) is 9.38 Å². The molecule has 0 aliphatic carbocycles. The number of hydrogen-bond acceptors (Lipinski definition) is 4. The molecule has 0 spiro atoms. The SMILES string of the molecule is CCOc1ccc(NC(=O)c2c(C)nc3cc(Cl)ccn23)cc1OCC. The molecule has 0 bridgehead atoms. The van der Waals surface area contributed by atoms with Crippen molar-refractivity contribution in [2.75, 3.05) is 18.5 Å². The summed E-state index contributed by atoms with van der Waals surface area (Å²) in [6.45, 7) is 6.64. The normalized spacial score (nSPS) is 10.8. The lowest BCUT2D eigenvalue weighted by Crippen LogP contribution is -2.15. The second kappa shape index (κ2) is 7.66. The van der Waals surface area contributed by atoms with Gasteiger partial charge in [-0.1, -0.05) is 11.6 Å². The fourth-order valence-corrected chi connectivity index (χ4v) is 2.88. The number of carbonyl (C=O) groups is 1. The monoisotopic (exact) mass is 373 g/mol. The highest BCUT2D eigenvalue weighted by Crippen LogP contribution is 2.31. The van der Waals surface area contributed by atoms with Crippen molar-refractivity contribution in [3.8, 4) is 11.5 Å². The number of nitrogens with zero attached hydrogens (tertiary/aromatic N) is 2. The van der Waals surface area contributed by atoms with E-state index in [0.717, 1.165) is 0 Å². The van der Waals surface area contributed by atoms with Gasteiger partial charge in [-0.25, -0.2) is 4.98 Å². The van der Waals surface area contributed by atoms with E-state index >= 15 is 0 Å². The maximum absolute atomic E-state index is 12.8. The third kappa shape index (κ3) is 3.60. The predicted octanol–water partition coefficient (Wildman–Crippen LogP) is 4.35. The molecule has 0 fully saturated rings. The smallest absolute Gasteiger partial charge is 0.274 e. The molecule has 6 nitrogen and oxygen atoms in total. The number of pyridine rings is 1. The van der Waals surface area contributed by atoms with Crippen molar-refractivity contribution < 1.29 is 14.3 Å². The van der Waals surface area contributed by atoms with Gasteiger partial charge in [0.2, 0.25) is 0 Å². The molecule has 0 aliphatic rings. The molecule has 26 heavy (non-hydrogen) atoms. The molecule has 0 unspecified atom stereocenters. The first-order valence-corrected chi connectivity index (χ1v) is 8.76. The van der Waals surface area contributed by atoms with E-state index in [0.29, 0.717) is 52.5 Å². The van der Waals surface area contributed by atoms with E-state index in [9.17, 15) is 4.79 Å². The van der Waals surface area contributed by atoms with Crippen LogP contribution in [0.25, 0.3) is 5.65 Å². The molecular formula is C19H20ClN3O3. The van der Waals surface area contributed by atoms with Gasteiger partial charge in [0.15, 0.2) is 11.5 Å². The highest BCUT2D eigenvalue weighted by atomic mass is 35.5. The number of nitrogens with one attached hydrogen (secondary N) is 1. The summed E-state index contributed by atoms with van der Waals surface area (Å²) >= 11 is 6.00. The van der Waals surface area contributed by atoms with Crippen LogP contribution in [0.15, 0.2) is 36.5 Å². The van der Waals surface area contributed by atoms with Crippen LogP contribution in [-0.2, 0) is 0 Å². The fourth-order valence-electron chi connectivity index (χ4n) is 2.73. The Labute approximate surface area is 156 Å². The lowest BCUT2D eigenvalue weighted by atomic mass is 10.2. The first kappa shape index (κ1) is 18.1. The quantitative estimate of drug-likeness (QED) is 0.697. The number of imidazole rings is 1. The van der Waals surface area contributed by atoms with Gasteiger partial charge in [0.25, 0.3) is 5.91 Å². The number of fused-ring (bicyclic) bond motifs is 1. The zero-order valence-electron chi connectivity index (χ0n) is 14.9. The number of benzene rings is 1. The van der Waals surface area contributed by atoms with Gasteiger partial charge < -0.3 is 14.8 Å². The number of rotatable bonds is 6. The molecule has 2 heterocycles. The molecule has 0 aliphatic heterocycles. The van der Waals surface area contributed by atoms with Crippen molar-refractivity contribution in [2.45, 2.75) is 20.8 Å². The number of ether oxygens (including phenoxy) is 2. The van der Waals surface area contributed by atoms with E-state index in [1.54, 1.807) is 47.9 Å². The zero-order valence-corrected chi connectivity index (χ0v) is 15.6. The van der Waals surface area contributed by atoms with E-state index in [1.807, 2.05) is 13.8 Å². The van der Waals surface area contributed by atoms with Crippen LogP contribution in [0.2, 0.25) is 5.02 Å². The van der Waals surface area contributed by atoms with Crippen LogP contribution < -0.4 is 14.8 Å². The lowest BCUT2D eigenvalue weighted by molar-refractivity contribution is 0.102. The minimum absolute atomic E-state index is 0.260. The van der Waals surface area contributed by atoms with Crippen molar-refractivity contribution >= 4 is 28.8 Å². The van der Waals surface area contributed by atoms with Crippen LogP contribution in [0.5, 0.6) is 11.5 Å². The van der Waals surface area contributed by atoms with Gasteiger partial charge >= 0.3 is 0 Å². The van der Waals surface area contributed by atoms with E-state index < -0.39 is 0 Å². The van der Waals surface area contributed by atoms with E-state index in [2.05, 4.69) is 10.3 Å². The summed E-state index contributed by atoms with van der Waals surface area (Å²) < 4.78 is 12.9. The average Bonchev–Trinajstić information content (AvgIpc) is 2.92. The molecule has 1 aromatic carbocycles. The first-order chi connectivity index (χ1) is 12.5. The highest BCUT2D eigenvalue weighted by Gasteiger charge is 2.17. The van der Waals surface area contributed by atoms with Crippen LogP contribution in [0.3, 0.4) is 0 Å². The second-order valence-electron chi connectivity index (χ2n) is 5.60. The number of amides is 1. The summed E-state index contributed by atoms with van der Waals surface area (Å²) in [5, 5.41) is 3.46. The number of carbonyl (C=O) groups excluding carboxylic acids is 1. The van der Waals surface area contributed by atoms with E-state index in [1.165, 1.54) is 0 Å². The Hall–Kier alpha value is -2.73. The van der Waals surface area contributed by atoms with E-state index in [4.69, 9.17) is 21.1 Å². The molecular weight excluding hydrogens is 354 g/mol. The average molecular weight is 374 g/mol. The van der Waals surface area contributed by atoms with Crippen LogP contribution in [-0.4, -0.2) is 28.5 Å². The maximum Gasteiger partial charge on any atom is 0.274 e. The van der Waals surface area contributed by atoms with Crippen LogP contribution in [0.4, 0.5) is 5.69 Å². The van der Waals surface area contributed by atoms with Crippen LogP contribution in [0.1, 0.15) is 30.0 Å². The second-order valence-corrected chi connectivity index (χ2v) is 6.04. The van der Waals surface area contributed by atoms with E-state index in [-0.39, 0.29) is 5.91 Å². The lowest BCUT2D eigenvalue weighted by Gasteiger charge is -2.13. The third-order valence-corrected chi connectivity index (χ3v) is 4.01. The van der Waals surface area contributed by atoms with Gasteiger partial charge in [-0.15, -0.1) is 0 Å². The van der Waals surface area contributed by atoms with Gasteiger partial charge in [-0.05, 0) is 39.0 Å². The molecule has 1 amide bonds. The number of aryl methyl sites for hydroxylation is 1. The topological polar surface area (TPSA) is 64.9 Å². The number of anilines is 1. The van der Waals surface area contributed by atoms with Crippen LogP contribution >= 0.6 is 11.6 Å². The maximum atomic E-state index is 12.8. The molecule has 0 radical (unpaired) electrons. The van der Waals surface area contributed by atoms with Gasteiger partial charge in [-0.3, -0.25) is 9.20 Å². The van der Waals surface area contributed by atoms with Gasteiger partial charge in [0, 0.05) is 29.0 Å². The summed E-state index contributed by atoms with van der Waals surface area (Å²) in [7, 11) is 0. The number of aromatic nitrogens is 2. The third-order valence-electron chi connectivity index (χ3n) is 3.78. The van der Waals surface area contributed by atoms with Gasteiger partial charge in [0.1, 0.15) is 11.3 Å². The Balaban J connectivity index is 1.91. The molecule has 136 valence electrons. The zero-order chi connectivity index (χ0) is 18.7. The predicted molar refractivity (Wildman–Crippen MR) is 102 cm³/mol. The molecule has 1 N–H and O–H groups in total. The molecule has 0 atom stereocenters. The fraction of sp³-hybridized carbons (Fsp3) is 0.263. The van der Waals surface area contributed by atoms with Crippen molar-refractivity contribution in [2.24, 2.45) is 0 Å². The summed E-state index contributed by atoms with van der Waals surface area (Å²) in [6.07, 6.45) is 1.73. The van der Waals surface area contributed by atoms with Gasteiger partial charge in [-0.2, -0.15) is 0 Å². The minimum atomic E-state index is -0.260. The summed E-state index contributed by atoms with van der Waals surface area (Å²) in [4.78, 5) is 17.2. The minimum Gasteiger partial charge on any atom is -0.490 e. The Morgan fingerprint density at radius 2 is 1.88 bits per heavy atom. The van der Waals surface area contributed by atoms with Crippen molar-refractivity contribution in [3.63, 3.8) is 0 Å². The Morgan fingerprint density at radius 1 is 1.15 bits per heavy atom. The summed E-state index contributed by atoms with van der Waals surface area (Å²) in [5.41, 5.74) is 2.33. The Kier molecular flexibility index (Phi) is 5.32. The molecule has 0 saturated carbocycles. The number of hydrogen-bond donors (Lipinski definition) is 1. The molecule has 7 heteroatoms. The summed E-state index contributed by atoms with van der Waals surface area (Å²) in [6, 6.07) is 8.75. The first-order valence-electron chi connectivity index (χ1n) is 8.38. The van der Waals surface area contributed by atoms with Crippen LogP contribution in [0, 0.1) is 6.92 Å². The molecule has 2 aromatic heterocycles. The number of halogens is 1. The summed E-state index contributed by atoms with van der Waals surface area (Å²) in [5.74, 6) is 0.978. The highest BCUT2D eigenvalue weighted by molar-refractivity contribution is 6.30. The van der Waals surface area contributed by atoms with Gasteiger partial charge in [0.05, 0.1) is 18.9 Å².